The molecule has 15 heteroatoms. The zero-order valence-electron chi connectivity index (χ0n) is 29.6. The van der Waals surface area contributed by atoms with Crippen molar-refractivity contribution < 1.29 is 27.9 Å². The maximum Gasteiger partial charge on any atom is 0.319 e. The van der Waals surface area contributed by atoms with Crippen molar-refractivity contribution in [1.29, 1.82) is 0 Å². The minimum Gasteiger partial charge on any atom is -0.461 e. The molecule has 276 valence electrons. The minimum atomic E-state index is -1.28. The van der Waals surface area contributed by atoms with Crippen LogP contribution in [-0.4, -0.2) is 103 Å². The first-order chi connectivity index (χ1) is 25.4. The molecular weight excluding hydrogens is 706 g/mol. The lowest BCUT2D eigenvalue weighted by atomic mass is 9.95. The molecule has 2 aromatic carbocycles. The van der Waals surface area contributed by atoms with Gasteiger partial charge in [0.1, 0.15) is 35.4 Å². The van der Waals surface area contributed by atoms with E-state index in [1.165, 1.54) is 26.0 Å². The van der Waals surface area contributed by atoms with Crippen molar-refractivity contribution in [2.45, 2.75) is 62.9 Å². The molecule has 0 radical (unpaired) electrons. The summed E-state index contributed by atoms with van der Waals surface area (Å²) in [5.74, 6) is -0.293. The number of aromatic nitrogens is 5. The van der Waals surface area contributed by atoms with Gasteiger partial charge in [-0.3, -0.25) is 14.7 Å². The number of nitrogens with zero attached hydrogens (tertiary/aromatic N) is 8. The van der Waals surface area contributed by atoms with E-state index in [1.54, 1.807) is 23.2 Å². The number of carbonyl (C=O) groups excluding carboxylic acids is 1. The second-order valence-corrected chi connectivity index (χ2v) is 15.1. The third-order valence-electron chi connectivity index (χ3n) is 10.7. The summed E-state index contributed by atoms with van der Waals surface area (Å²) < 4.78 is 42.9. The SMILES string of the molecule is CN(c1nc(OC[C@@]23CCCN2C[C@H](F)C3)nc2c(F)c(-c3cccc4cccc(Cl)c34)ncc12)[C@@H]1CCN(C(=O)/C=C/c2nc(C(C)(C)O)no2)C1. The van der Waals surface area contributed by atoms with Crippen molar-refractivity contribution in [3.8, 4) is 17.3 Å². The number of amides is 1. The summed E-state index contributed by atoms with van der Waals surface area (Å²) in [6.45, 7) is 5.25. The smallest absolute Gasteiger partial charge is 0.319 e. The molecule has 0 spiro atoms. The van der Waals surface area contributed by atoms with Crippen LogP contribution in [0.3, 0.4) is 0 Å². The Hall–Kier alpha value is -4.79. The van der Waals surface area contributed by atoms with Crippen LogP contribution >= 0.6 is 11.6 Å². The Labute approximate surface area is 309 Å². The zero-order chi connectivity index (χ0) is 37.1. The van der Waals surface area contributed by atoms with Crippen LogP contribution in [0.2, 0.25) is 5.02 Å². The summed E-state index contributed by atoms with van der Waals surface area (Å²) in [5.41, 5.74) is -1.09. The second-order valence-electron chi connectivity index (χ2n) is 14.7. The third-order valence-corrected chi connectivity index (χ3v) is 11.0. The first-order valence-electron chi connectivity index (χ1n) is 17.7. The number of benzene rings is 2. The van der Waals surface area contributed by atoms with E-state index in [9.17, 15) is 14.3 Å². The van der Waals surface area contributed by atoms with Gasteiger partial charge in [0.05, 0.1) is 10.9 Å². The third kappa shape index (κ3) is 6.57. The number of fused-ring (bicyclic) bond motifs is 3. The summed E-state index contributed by atoms with van der Waals surface area (Å²) in [6, 6.07) is 10.8. The fraction of sp³-hybridized carbons (Fsp3) is 0.421. The van der Waals surface area contributed by atoms with Crippen LogP contribution in [0.1, 0.15) is 51.2 Å². The molecule has 3 aromatic heterocycles. The van der Waals surface area contributed by atoms with Crippen molar-refractivity contribution in [3.63, 3.8) is 0 Å². The molecule has 3 atom stereocenters. The molecule has 0 saturated carbocycles. The molecule has 0 aliphatic carbocycles. The standard InChI is InChI=1S/C38H39ClF2N8O4/c1-37(2,51)35-43-28(53-46-35)11-12-29(50)48-16-13-24(20-48)47(3)34-26-18-42-32(25-9-4-7-22-8-5-10-27(39)30(22)25)31(41)33(26)44-36(45-34)52-21-38-14-6-15-49(38)19-23(40)17-38/h4-5,7-12,18,23-24,51H,6,13-17,19-21H2,1-3H3/b12-11+/t23-,24-,38+/m1/s1. The lowest BCUT2D eigenvalue weighted by molar-refractivity contribution is -0.124. The Bertz CT molecular complexity index is 2240. The summed E-state index contributed by atoms with van der Waals surface area (Å²) in [5, 5.41) is 16.2. The Morgan fingerprint density at radius 2 is 2.00 bits per heavy atom. The van der Waals surface area contributed by atoms with E-state index >= 15 is 4.39 Å². The summed E-state index contributed by atoms with van der Waals surface area (Å²) in [6.07, 6.45) is 6.12. The van der Waals surface area contributed by atoms with Crippen LogP contribution in [0.4, 0.5) is 14.6 Å². The summed E-state index contributed by atoms with van der Waals surface area (Å²) >= 11 is 6.62. The Morgan fingerprint density at radius 1 is 1.19 bits per heavy atom. The Morgan fingerprint density at radius 3 is 2.79 bits per heavy atom. The molecular formula is C38H39ClF2N8O4. The molecule has 6 heterocycles. The van der Waals surface area contributed by atoms with Crippen LogP contribution in [0, 0.1) is 5.82 Å². The molecule has 0 bridgehead atoms. The number of pyridine rings is 1. The molecule has 8 rings (SSSR count). The zero-order valence-corrected chi connectivity index (χ0v) is 30.4. The largest absolute Gasteiger partial charge is 0.461 e. The van der Waals surface area contributed by atoms with Crippen molar-refractivity contribution in [2.75, 3.05) is 44.7 Å². The van der Waals surface area contributed by atoms with Gasteiger partial charge in [-0.25, -0.2) is 8.78 Å². The predicted molar refractivity (Wildman–Crippen MR) is 196 cm³/mol. The first kappa shape index (κ1) is 35.3. The molecule has 3 aliphatic heterocycles. The number of hydrogen-bond donors (Lipinski definition) is 1. The molecule has 1 amide bonds. The normalized spacial score (nSPS) is 22.1. The van der Waals surface area contributed by atoms with Gasteiger partial charge in [0.15, 0.2) is 5.82 Å². The minimum absolute atomic E-state index is 0.0197. The summed E-state index contributed by atoms with van der Waals surface area (Å²) in [4.78, 5) is 37.1. The van der Waals surface area contributed by atoms with Crippen molar-refractivity contribution >= 4 is 51.1 Å². The molecule has 53 heavy (non-hydrogen) atoms. The number of halogens is 3. The van der Waals surface area contributed by atoms with Crippen molar-refractivity contribution in [2.24, 2.45) is 0 Å². The van der Waals surface area contributed by atoms with Gasteiger partial charge in [0, 0.05) is 73.5 Å². The van der Waals surface area contributed by atoms with Crippen LogP contribution < -0.4 is 9.64 Å². The molecule has 12 nitrogen and oxygen atoms in total. The van der Waals surface area contributed by atoms with Crippen molar-refractivity contribution in [1.82, 2.24) is 34.9 Å². The molecule has 3 aliphatic rings. The quantitative estimate of drug-likeness (QED) is 0.180. The average Bonchev–Trinajstić information content (AvgIpc) is 3.94. The molecule has 1 N–H and O–H groups in total. The monoisotopic (exact) mass is 744 g/mol. The van der Waals surface area contributed by atoms with Gasteiger partial charge in [0.25, 0.3) is 5.89 Å². The summed E-state index contributed by atoms with van der Waals surface area (Å²) in [7, 11) is 1.84. The lowest BCUT2D eigenvalue weighted by Crippen LogP contribution is -2.43. The number of aliphatic hydroxyl groups is 1. The molecule has 5 aromatic rings. The molecule has 0 unspecified atom stereocenters. The van der Waals surface area contributed by atoms with E-state index in [2.05, 4.69) is 25.0 Å². The van der Waals surface area contributed by atoms with Crippen LogP contribution in [-0.2, 0) is 10.4 Å². The van der Waals surface area contributed by atoms with E-state index in [0.29, 0.717) is 59.7 Å². The van der Waals surface area contributed by atoms with E-state index in [1.807, 2.05) is 36.2 Å². The fourth-order valence-electron chi connectivity index (χ4n) is 7.91. The van der Waals surface area contributed by atoms with Gasteiger partial charge < -0.3 is 24.2 Å². The van der Waals surface area contributed by atoms with Gasteiger partial charge in [-0.15, -0.1) is 0 Å². The highest BCUT2D eigenvalue weighted by Crippen LogP contribution is 2.41. The van der Waals surface area contributed by atoms with E-state index in [-0.39, 0.29) is 47.5 Å². The lowest BCUT2D eigenvalue weighted by Gasteiger charge is -2.31. The number of likely N-dealkylation sites (N-methyl/N-ethyl adjacent to an activating group) is 1. The fourth-order valence-corrected chi connectivity index (χ4v) is 8.20. The van der Waals surface area contributed by atoms with Gasteiger partial charge in [0.2, 0.25) is 11.7 Å². The van der Waals surface area contributed by atoms with Gasteiger partial charge >= 0.3 is 6.01 Å². The van der Waals surface area contributed by atoms with E-state index in [4.69, 9.17) is 25.8 Å². The molecule has 3 saturated heterocycles. The van der Waals surface area contributed by atoms with E-state index in [0.717, 1.165) is 24.8 Å². The number of rotatable bonds is 9. The Balaban J connectivity index is 1.11. The number of anilines is 1. The van der Waals surface area contributed by atoms with Crippen LogP contribution in [0.25, 0.3) is 39.0 Å². The van der Waals surface area contributed by atoms with Gasteiger partial charge in [-0.2, -0.15) is 15.0 Å². The maximum absolute atomic E-state index is 16.9. The predicted octanol–water partition coefficient (Wildman–Crippen LogP) is 5.95. The molecule has 3 fully saturated rings. The van der Waals surface area contributed by atoms with Gasteiger partial charge in [-0.05, 0) is 51.1 Å². The first-order valence-corrected chi connectivity index (χ1v) is 18.1. The highest BCUT2D eigenvalue weighted by Gasteiger charge is 2.49. The van der Waals surface area contributed by atoms with Crippen LogP contribution in [0.5, 0.6) is 6.01 Å². The van der Waals surface area contributed by atoms with Gasteiger partial charge in [-0.1, -0.05) is 47.1 Å². The average molecular weight is 745 g/mol. The van der Waals surface area contributed by atoms with Crippen molar-refractivity contribution in [3.05, 3.63) is 71.2 Å². The number of ether oxygens (including phenoxy) is 1. The highest BCUT2D eigenvalue weighted by atomic mass is 35.5. The second kappa shape index (κ2) is 13.6. The number of carbonyl (C=O) groups is 1. The Kier molecular flexibility index (Phi) is 9.02. The number of alkyl halides is 1. The van der Waals surface area contributed by atoms with Crippen LogP contribution in [0.15, 0.2) is 53.2 Å². The van der Waals surface area contributed by atoms with E-state index < -0.39 is 23.1 Å². The topological polar surface area (TPSA) is 134 Å². The number of likely N-dealkylation sites (tertiary alicyclic amines) is 1. The highest BCUT2D eigenvalue weighted by molar-refractivity contribution is 6.36. The number of hydrogen-bond acceptors (Lipinski definition) is 11. The maximum atomic E-state index is 16.9.